The van der Waals surface area contributed by atoms with Crippen molar-refractivity contribution < 1.29 is 4.84 Å². The molecule has 2 heterocycles. The average Bonchev–Trinajstić information content (AvgIpc) is 2.85. The van der Waals surface area contributed by atoms with Gasteiger partial charge in [0, 0.05) is 16.1 Å². The maximum atomic E-state index is 6.30. The van der Waals surface area contributed by atoms with Gasteiger partial charge in [-0.3, -0.25) is 0 Å². The van der Waals surface area contributed by atoms with Gasteiger partial charge >= 0.3 is 0 Å². The monoisotopic (exact) mass is 359 g/mol. The number of nitrogen functional groups attached to an aromatic ring is 1. The predicted molar refractivity (Wildman–Crippen MR) is 103 cm³/mol. The van der Waals surface area contributed by atoms with Crippen molar-refractivity contribution in [2.75, 3.05) is 11.2 Å². The number of pyridine rings is 1. The number of aromatic nitrogens is 1. The smallest absolute Gasteiger partial charge is 0.234 e. The van der Waals surface area contributed by atoms with Crippen molar-refractivity contribution in [3.8, 4) is 5.06 Å². The normalized spacial score (nSPS) is 10.8. The first-order valence-electron chi connectivity index (χ1n) is 7.48. The zero-order valence-electron chi connectivity index (χ0n) is 13.5. The van der Waals surface area contributed by atoms with Crippen molar-refractivity contribution in [3.63, 3.8) is 0 Å². The van der Waals surface area contributed by atoms with Gasteiger partial charge in [-0.15, -0.1) is 6.58 Å². The van der Waals surface area contributed by atoms with E-state index in [0.717, 1.165) is 39.1 Å². The Kier molecular flexibility index (Phi) is 4.64. The molecule has 0 radical (unpaired) electrons. The highest BCUT2D eigenvalue weighted by atomic mass is 35.5. The van der Waals surface area contributed by atoms with E-state index in [1.54, 1.807) is 12.1 Å². The summed E-state index contributed by atoms with van der Waals surface area (Å²) in [6.45, 7) is 7.88. The lowest BCUT2D eigenvalue weighted by Crippen LogP contribution is -2.04. The van der Waals surface area contributed by atoms with E-state index in [2.05, 4.69) is 24.0 Å². The molecule has 0 atom stereocenters. The van der Waals surface area contributed by atoms with Gasteiger partial charge in [0.05, 0.1) is 11.4 Å². The van der Waals surface area contributed by atoms with Crippen LogP contribution in [0.1, 0.15) is 16.8 Å². The van der Waals surface area contributed by atoms with E-state index in [0.29, 0.717) is 15.8 Å². The molecule has 0 amide bonds. The lowest BCUT2D eigenvalue weighted by molar-refractivity contribution is 0.419. The Hall–Kier alpha value is -2.24. The maximum Gasteiger partial charge on any atom is 0.234 e. The number of nitrogens with zero attached hydrogens (tertiary/aromatic N) is 1. The maximum absolute atomic E-state index is 6.30. The van der Waals surface area contributed by atoms with Gasteiger partial charge in [0.1, 0.15) is 4.83 Å². The predicted octanol–water partition coefficient (Wildman–Crippen LogP) is 5.28. The number of fused-ring (bicyclic) bond motifs is 1. The Morgan fingerprint density at radius 1 is 1.42 bits per heavy atom. The van der Waals surface area contributed by atoms with Crippen LogP contribution in [0.2, 0.25) is 5.02 Å². The number of thiophene rings is 1. The lowest BCUT2D eigenvalue weighted by Gasteiger charge is -2.09. The molecule has 124 valence electrons. The summed E-state index contributed by atoms with van der Waals surface area (Å²) in [7, 11) is 0. The minimum atomic E-state index is 0.593. The largest absolute Gasteiger partial charge is 0.394 e. The third-order valence-corrected chi connectivity index (χ3v) is 5.07. The Balaban J connectivity index is 1.96. The molecular formula is C18H18ClN3OS. The second kappa shape index (κ2) is 6.71. The van der Waals surface area contributed by atoms with Gasteiger partial charge in [0.15, 0.2) is 0 Å². The molecule has 3 rings (SSSR count). The summed E-state index contributed by atoms with van der Waals surface area (Å²) in [5, 5.41) is 2.18. The second-order valence-electron chi connectivity index (χ2n) is 5.49. The third-order valence-electron chi connectivity index (χ3n) is 3.86. The number of nitrogens with two attached hydrogens (primary N) is 1. The molecule has 4 nitrogen and oxygen atoms in total. The van der Waals surface area contributed by atoms with E-state index in [4.69, 9.17) is 22.2 Å². The summed E-state index contributed by atoms with van der Waals surface area (Å²) in [6.07, 6.45) is 2.65. The molecule has 0 aliphatic carbocycles. The zero-order valence-corrected chi connectivity index (χ0v) is 15.1. The molecule has 0 saturated carbocycles. The van der Waals surface area contributed by atoms with Gasteiger partial charge in [0.2, 0.25) is 5.06 Å². The van der Waals surface area contributed by atoms with E-state index in [1.807, 2.05) is 25.1 Å². The highest BCUT2D eigenvalue weighted by Gasteiger charge is 2.18. The molecule has 0 bridgehead atoms. The van der Waals surface area contributed by atoms with E-state index >= 15 is 0 Å². The molecule has 0 unspecified atom stereocenters. The molecule has 0 fully saturated rings. The van der Waals surface area contributed by atoms with Crippen LogP contribution in [0.25, 0.3) is 10.2 Å². The molecule has 0 aliphatic rings. The van der Waals surface area contributed by atoms with Crippen LogP contribution >= 0.6 is 22.9 Å². The number of rotatable bonds is 5. The van der Waals surface area contributed by atoms with Crippen LogP contribution in [0.15, 0.2) is 36.9 Å². The summed E-state index contributed by atoms with van der Waals surface area (Å²) in [6, 6.07) is 7.29. The molecule has 0 saturated heterocycles. The fraction of sp³-hybridized carbons (Fsp3) is 0.167. The average molecular weight is 360 g/mol. The number of hydrogen-bond acceptors (Lipinski definition) is 5. The minimum absolute atomic E-state index is 0.593. The van der Waals surface area contributed by atoms with Crippen molar-refractivity contribution in [3.05, 3.63) is 58.8 Å². The lowest BCUT2D eigenvalue weighted by atomic mass is 10.0. The summed E-state index contributed by atoms with van der Waals surface area (Å²) in [4.78, 5) is 11.2. The van der Waals surface area contributed by atoms with E-state index in [-0.39, 0.29) is 0 Å². The Bertz CT molecular complexity index is 920. The van der Waals surface area contributed by atoms with Crippen LogP contribution in [0, 0.1) is 13.8 Å². The standard InChI is InChI=1S/C18H18ClN3OS/c1-4-6-14-10(2)15-16(20)18(24-17(15)21-11(14)3)23-22-13-8-5-7-12(19)9-13/h4-5,7-9,22H,1,6,20H2,2-3H3. The SMILES string of the molecule is C=CCc1c(C)nc2sc(ONc3cccc(Cl)c3)c(N)c2c1C. The number of aryl methyl sites for hydroxylation is 2. The summed E-state index contributed by atoms with van der Waals surface area (Å²) < 4.78 is 0. The Morgan fingerprint density at radius 3 is 2.92 bits per heavy atom. The van der Waals surface area contributed by atoms with Crippen LogP contribution in [-0.4, -0.2) is 4.98 Å². The molecule has 24 heavy (non-hydrogen) atoms. The van der Waals surface area contributed by atoms with E-state index in [9.17, 15) is 0 Å². The summed E-state index contributed by atoms with van der Waals surface area (Å²) in [5.74, 6) is 0. The molecule has 3 N–H and O–H groups in total. The highest BCUT2D eigenvalue weighted by molar-refractivity contribution is 7.21. The van der Waals surface area contributed by atoms with Crippen molar-refractivity contribution in [2.45, 2.75) is 20.3 Å². The van der Waals surface area contributed by atoms with Gasteiger partial charge in [-0.05, 0) is 49.6 Å². The van der Waals surface area contributed by atoms with Crippen LogP contribution < -0.4 is 16.1 Å². The van der Waals surface area contributed by atoms with E-state index < -0.39 is 0 Å². The van der Waals surface area contributed by atoms with Crippen LogP contribution in [0.5, 0.6) is 5.06 Å². The first-order chi connectivity index (χ1) is 11.5. The quantitative estimate of drug-likeness (QED) is 0.480. The van der Waals surface area contributed by atoms with Crippen molar-refractivity contribution in [2.24, 2.45) is 0 Å². The second-order valence-corrected chi connectivity index (χ2v) is 6.89. The number of halogens is 1. The van der Waals surface area contributed by atoms with Crippen molar-refractivity contribution >= 4 is 44.5 Å². The molecule has 1 aromatic carbocycles. The number of nitrogens with one attached hydrogen (secondary N) is 1. The first kappa shape index (κ1) is 16.6. The van der Waals surface area contributed by atoms with Crippen LogP contribution in [0.3, 0.4) is 0 Å². The highest BCUT2D eigenvalue weighted by Crippen LogP contribution is 2.42. The molecule has 3 aromatic rings. The topological polar surface area (TPSA) is 60.2 Å². The minimum Gasteiger partial charge on any atom is -0.394 e. The Labute approximate surface area is 149 Å². The van der Waals surface area contributed by atoms with Gasteiger partial charge in [0.25, 0.3) is 0 Å². The van der Waals surface area contributed by atoms with Gasteiger partial charge in [-0.2, -0.15) is 0 Å². The molecule has 0 spiro atoms. The van der Waals surface area contributed by atoms with Crippen LogP contribution in [-0.2, 0) is 6.42 Å². The molecule has 2 aromatic heterocycles. The fourth-order valence-corrected chi connectivity index (χ4v) is 3.88. The fourth-order valence-electron chi connectivity index (χ4n) is 2.67. The number of anilines is 2. The molecule has 6 heteroatoms. The Morgan fingerprint density at radius 2 is 2.21 bits per heavy atom. The number of benzene rings is 1. The van der Waals surface area contributed by atoms with E-state index in [1.165, 1.54) is 11.3 Å². The van der Waals surface area contributed by atoms with Crippen molar-refractivity contribution in [1.29, 1.82) is 0 Å². The summed E-state index contributed by atoms with van der Waals surface area (Å²) in [5.41, 5.74) is 13.8. The first-order valence-corrected chi connectivity index (χ1v) is 8.68. The zero-order chi connectivity index (χ0) is 17.3. The van der Waals surface area contributed by atoms with Gasteiger partial charge < -0.3 is 10.6 Å². The van der Waals surface area contributed by atoms with Crippen molar-refractivity contribution in [1.82, 2.24) is 4.98 Å². The number of allylic oxidation sites excluding steroid dienone is 1. The van der Waals surface area contributed by atoms with Gasteiger partial charge in [-0.25, -0.2) is 10.5 Å². The number of hydrogen-bond donors (Lipinski definition) is 2. The third kappa shape index (κ3) is 3.05. The molecule has 0 aliphatic heterocycles. The molecular weight excluding hydrogens is 342 g/mol. The van der Waals surface area contributed by atoms with Gasteiger partial charge in [-0.1, -0.05) is 35.1 Å². The summed E-state index contributed by atoms with van der Waals surface area (Å²) >= 11 is 7.39. The van der Waals surface area contributed by atoms with Crippen LogP contribution in [0.4, 0.5) is 11.4 Å².